The highest BCUT2D eigenvalue weighted by Gasteiger charge is 2.39. The molecule has 0 spiro atoms. The number of aliphatic hydroxyl groups is 1. The fraction of sp³-hybridized carbons (Fsp3) is 0.138. The molecule has 5 rings (SSSR count). The average molecular weight is 480 g/mol. The largest absolute Gasteiger partial charge is 0.478 e. The molecule has 3 aromatic carbocycles. The number of carbonyl (C=O) groups is 2. The number of hydrazone groups is 1. The molecule has 1 heterocycles. The minimum atomic E-state index is -1.07. The highest BCUT2D eigenvalue weighted by Crippen LogP contribution is 2.37. The maximum Gasteiger partial charge on any atom is 0.335 e. The van der Waals surface area contributed by atoms with Crippen LogP contribution in [0.1, 0.15) is 35.3 Å². The standard InChI is InChI=1S/C29H25N3O4/c1-18-15-23(19-9-4-3-5-10-19)26(33)29(2,17-18)31-30-25-22-13-6-7-14-24(22)32(27(25)34)21-12-8-11-20(16-21)28(35)36/h3-17,26,31,33H,1-2H3,(H,35,36). The molecule has 0 fully saturated rings. The SMILES string of the molecule is CC1=CC(C)(NN=C2C(=O)N(c3cccc(C(=O)O)c3)c3ccccc32)C(O)C(c2ccccc2)=C1. The maximum absolute atomic E-state index is 13.6. The number of amides is 1. The van der Waals surface area contributed by atoms with Crippen molar-refractivity contribution in [2.45, 2.75) is 25.5 Å². The zero-order valence-electron chi connectivity index (χ0n) is 19.8. The van der Waals surface area contributed by atoms with Crippen LogP contribution in [0.5, 0.6) is 0 Å². The van der Waals surface area contributed by atoms with E-state index in [0.717, 1.165) is 16.7 Å². The van der Waals surface area contributed by atoms with Gasteiger partial charge in [-0.25, -0.2) is 4.79 Å². The Bertz CT molecular complexity index is 1460. The molecule has 7 nitrogen and oxygen atoms in total. The van der Waals surface area contributed by atoms with Crippen LogP contribution in [0.2, 0.25) is 0 Å². The van der Waals surface area contributed by atoms with Crippen molar-refractivity contribution in [3.05, 3.63) is 113 Å². The second kappa shape index (κ2) is 8.94. The number of aliphatic hydroxyl groups excluding tert-OH is 1. The number of hydrogen-bond acceptors (Lipinski definition) is 5. The Morgan fingerprint density at radius 3 is 2.50 bits per heavy atom. The molecule has 3 aromatic rings. The van der Waals surface area contributed by atoms with E-state index in [0.29, 0.717) is 16.9 Å². The Hall–Kier alpha value is -4.49. The molecule has 3 N–H and O–H groups in total. The lowest BCUT2D eigenvalue weighted by molar-refractivity contribution is -0.111. The first-order valence-corrected chi connectivity index (χ1v) is 11.5. The lowest BCUT2D eigenvalue weighted by Gasteiger charge is -2.36. The van der Waals surface area contributed by atoms with Crippen molar-refractivity contribution in [2.24, 2.45) is 5.10 Å². The number of fused-ring (bicyclic) bond motifs is 1. The van der Waals surface area contributed by atoms with E-state index in [-0.39, 0.29) is 17.2 Å². The fourth-order valence-electron chi connectivity index (χ4n) is 4.72. The van der Waals surface area contributed by atoms with Crippen LogP contribution < -0.4 is 10.3 Å². The fourth-order valence-corrected chi connectivity index (χ4v) is 4.72. The molecule has 0 aromatic heterocycles. The molecule has 0 saturated heterocycles. The van der Waals surface area contributed by atoms with Crippen LogP contribution in [0.4, 0.5) is 11.4 Å². The van der Waals surface area contributed by atoms with Gasteiger partial charge in [-0.1, -0.05) is 72.3 Å². The van der Waals surface area contributed by atoms with E-state index in [2.05, 4.69) is 10.5 Å². The van der Waals surface area contributed by atoms with Gasteiger partial charge >= 0.3 is 5.97 Å². The van der Waals surface area contributed by atoms with Gasteiger partial charge in [0.15, 0.2) is 5.71 Å². The van der Waals surface area contributed by atoms with Gasteiger partial charge in [-0.2, -0.15) is 5.10 Å². The summed E-state index contributed by atoms with van der Waals surface area (Å²) >= 11 is 0. The highest BCUT2D eigenvalue weighted by atomic mass is 16.4. The lowest BCUT2D eigenvalue weighted by Crippen LogP contribution is -2.50. The molecule has 0 radical (unpaired) electrons. The molecule has 2 atom stereocenters. The Kier molecular flexibility index (Phi) is 5.78. The molecular weight excluding hydrogens is 454 g/mol. The third kappa shape index (κ3) is 3.99. The van der Waals surface area contributed by atoms with Crippen molar-refractivity contribution in [3.63, 3.8) is 0 Å². The van der Waals surface area contributed by atoms with E-state index in [1.165, 1.54) is 17.0 Å². The number of anilines is 2. The van der Waals surface area contributed by atoms with Crippen LogP contribution in [0.25, 0.3) is 5.57 Å². The first-order valence-electron chi connectivity index (χ1n) is 11.5. The van der Waals surface area contributed by atoms with Gasteiger partial charge in [0, 0.05) is 5.56 Å². The van der Waals surface area contributed by atoms with Gasteiger partial charge in [0.05, 0.1) is 16.9 Å². The van der Waals surface area contributed by atoms with E-state index in [1.54, 1.807) is 24.3 Å². The summed E-state index contributed by atoms with van der Waals surface area (Å²) in [5.74, 6) is -1.46. The summed E-state index contributed by atoms with van der Waals surface area (Å²) in [6.45, 7) is 3.79. The van der Waals surface area contributed by atoms with E-state index < -0.39 is 17.6 Å². The van der Waals surface area contributed by atoms with Crippen molar-refractivity contribution in [1.29, 1.82) is 0 Å². The van der Waals surface area contributed by atoms with E-state index in [4.69, 9.17) is 0 Å². The molecular formula is C29H25N3O4. The smallest absolute Gasteiger partial charge is 0.335 e. The molecule has 1 amide bonds. The van der Waals surface area contributed by atoms with Crippen LogP contribution in [0, 0.1) is 0 Å². The number of carboxylic acids is 1. The Labute approximate surface area is 208 Å². The Morgan fingerprint density at radius 1 is 1.03 bits per heavy atom. The monoisotopic (exact) mass is 479 g/mol. The summed E-state index contributed by atoms with van der Waals surface area (Å²) < 4.78 is 0. The number of para-hydroxylation sites is 1. The normalized spacial score (nSPS) is 22.2. The summed E-state index contributed by atoms with van der Waals surface area (Å²) in [5.41, 5.74) is 6.65. The minimum Gasteiger partial charge on any atom is -0.478 e. The summed E-state index contributed by atoms with van der Waals surface area (Å²) in [5, 5.41) is 25.2. The van der Waals surface area contributed by atoms with Crippen LogP contribution in [0.15, 0.2) is 102 Å². The molecule has 2 unspecified atom stereocenters. The second-order valence-corrected chi connectivity index (χ2v) is 9.12. The number of nitrogens with one attached hydrogen (secondary N) is 1. The third-order valence-corrected chi connectivity index (χ3v) is 6.45. The van der Waals surface area contributed by atoms with E-state index in [1.807, 2.05) is 68.5 Å². The molecule has 0 bridgehead atoms. The first kappa shape index (κ1) is 23.3. The zero-order chi connectivity index (χ0) is 25.4. The van der Waals surface area contributed by atoms with Crippen molar-refractivity contribution < 1.29 is 19.8 Å². The van der Waals surface area contributed by atoms with Crippen LogP contribution >= 0.6 is 0 Å². The first-order chi connectivity index (χ1) is 17.3. The second-order valence-electron chi connectivity index (χ2n) is 9.12. The van der Waals surface area contributed by atoms with Gasteiger partial charge < -0.3 is 10.2 Å². The minimum absolute atomic E-state index is 0.0833. The summed E-state index contributed by atoms with van der Waals surface area (Å²) in [6.07, 6.45) is 2.93. The number of rotatable bonds is 5. The molecule has 0 saturated carbocycles. The number of nitrogens with zero attached hydrogens (tertiary/aromatic N) is 2. The van der Waals surface area contributed by atoms with Gasteiger partial charge in [0.1, 0.15) is 11.6 Å². The number of hydrogen-bond donors (Lipinski definition) is 3. The topological polar surface area (TPSA) is 102 Å². The van der Waals surface area contributed by atoms with E-state index >= 15 is 0 Å². The molecule has 7 heteroatoms. The van der Waals surface area contributed by atoms with Gasteiger partial charge in [0.25, 0.3) is 5.91 Å². The lowest BCUT2D eigenvalue weighted by atomic mass is 9.80. The Morgan fingerprint density at radius 2 is 1.75 bits per heavy atom. The van der Waals surface area contributed by atoms with Crippen molar-refractivity contribution >= 4 is 34.5 Å². The van der Waals surface area contributed by atoms with Gasteiger partial charge in [-0.05, 0) is 49.2 Å². The molecule has 36 heavy (non-hydrogen) atoms. The third-order valence-electron chi connectivity index (χ3n) is 6.45. The molecule has 180 valence electrons. The summed E-state index contributed by atoms with van der Waals surface area (Å²) in [4.78, 5) is 26.5. The number of carbonyl (C=O) groups excluding carboxylic acids is 1. The van der Waals surface area contributed by atoms with Gasteiger partial charge in [-0.15, -0.1) is 0 Å². The Balaban J connectivity index is 1.51. The highest BCUT2D eigenvalue weighted by molar-refractivity contribution is 6.55. The number of allylic oxidation sites excluding steroid dienone is 2. The molecule has 1 aliphatic heterocycles. The predicted octanol–water partition coefficient (Wildman–Crippen LogP) is 4.52. The van der Waals surface area contributed by atoms with Crippen LogP contribution in [-0.4, -0.2) is 39.4 Å². The van der Waals surface area contributed by atoms with E-state index in [9.17, 15) is 19.8 Å². The maximum atomic E-state index is 13.6. The quantitative estimate of drug-likeness (QED) is 0.467. The summed E-state index contributed by atoms with van der Waals surface area (Å²) in [6, 6.07) is 23.1. The molecule has 1 aliphatic carbocycles. The van der Waals surface area contributed by atoms with Crippen LogP contribution in [-0.2, 0) is 4.79 Å². The molecule has 2 aliphatic rings. The van der Waals surface area contributed by atoms with Gasteiger partial charge in [0.2, 0.25) is 0 Å². The average Bonchev–Trinajstić information content (AvgIpc) is 3.16. The number of benzene rings is 3. The summed E-state index contributed by atoms with van der Waals surface area (Å²) in [7, 11) is 0. The van der Waals surface area contributed by atoms with Gasteiger partial charge in [-0.3, -0.25) is 15.1 Å². The van der Waals surface area contributed by atoms with Crippen molar-refractivity contribution in [1.82, 2.24) is 5.43 Å². The zero-order valence-corrected chi connectivity index (χ0v) is 19.8. The van der Waals surface area contributed by atoms with Crippen LogP contribution in [0.3, 0.4) is 0 Å². The van der Waals surface area contributed by atoms with Crippen molar-refractivity contribution in [2.75, 3.05) is 4.90 Å². The predicted molar refractivity (Wildman–Crippen MR) is 139 cm³/mol. The number of aromatic carboxylic acids is 1. The number of carboxylic acid groups (broad SMARTS) is 1. The van der Waals surface area contributed by atoms with Crippen molar-refractivity contribution in [3.8, 4) is 0 Å².